The lowest BCUT2D eigenvalue weighted by molar-refractivity contribution is 0.0263. The number of carbonyl (C=O) groups excluding carboxylic acids is 1. The average molecular weight is 304 g/mol. The molecule has 0 saturated heterocycles. The van der Waals surface area contributed by atoms with Crippen molar-refractivity contribution >= 4 is 26.6 Å². The Bertz CT molecular complexity index is 371. The summed E-state index contributed by atoms with van der Waals surface area (Å²) >= 11 is 3.08. The van der Waals surface area contributed by atoms with E-state index in [2.05, 4.69) is 15.9 Å². The van der Waals surface area contributed by atoms with Crippen molar-refractivity contribution < 1.29 is 9.53 Å². The summed E-state index contributed by atoms with van der Waals surface area (Å²) in [6, 6.07) is 0. The van der Waals surface area contributed by atoms with Crippen LogP contribution in [-0.4, -0.2) is 34.3 Å². The number of ether oxygens (including phenoxy) is 1. The van der Waals surface area contributed by atoms with Crippen molar-refractivity contribution in [3.8, 4) is 0 Å². The zero-order chi connectivity index (χ0) is 13.2. The van der Waals surface area contributed by atoms with Gasteiger partial charge in [0.15, 0.2) is 0 Å². The maximum absolute atomic E-state index is 11.8. The summed E-state index contributed by atoms with van der Waals surface area (Å²) in [5.74, 6) is 0. The van der Waals surface area contributed by atoms with Gasteiger partial charge in [-0.15, -0.1) is 0 Å². The minimum absolute atomic E-state index is 0.225. The van der Waals surface area contributed by atoms with Crippen LogP contribution in [-0.2, 0) is 4.74 Å². The molecule has 1 aliphatic heterocycles. The normalized spacial score (nSPS) is 17.1. The maximum atomic E-state index is 11.8. The predicted octanol–water partition coefficient (Wildman–Crippen LogP) is 2.21. The molecular formula is C11H18BrN3O2. The number of amides is 1. The molecule has 0 aromatic heterocycles. The van der Waals surface area contributed by atoms with Crippen LogP contribution >= 0.6 is 15.9 Å². The van der Waals surface area contributed by atoms with E-state index < -0.39 is 5.60 Å². The van der Waals surface area contributed by atoms with E-state index in [-0.39, 0.29) is 10.7 Å². The number of rotatable bonds is 1. The van der Waals surface area contributed by atoms with E-state index in [1.807, 2.05) is 20.8 Å². The zero-order valence-corrected chi connectivity index (χ0v) is 11.9. The Morgan fingerprint density at radius 3 is 2.59 bits per heavy atom. The highest BCUT2D eigenvalue weighted by atomic mass is 79.9. The minimum atomic E-state index is -0.508. The van der Waals surface area contributed by atoms with Gasteiger partial charge in [-0.25, -0.2) is 4.79 Å². The van der Waals surface area contributed by atoms with E-state index in [1.54, 1.807) is 4.90 Å². The Labute approximate surface area is 110 Å². The smallest absolute Gasteiger partial charge is 0.410 e. The fourth-order valence-corrected chi connectivity index (χ4v) is 1.85. The van der Waals surface area contributed by atoms with E-state index in [1.165, 1.54) is 0 Å². The molecule has 0 aromatic carbocycles. The summed E-state index contributed by atoms with van der Waals surface area (Å²) < 4.78 is 5.50. The Kier molecular flexibility index (Phi) is 4.19. The summed E-state index contributed by atoms with van der Waals surface area (Å²) in [7, 11) is 0. The minimum Gasteiger partial charge on any atom is -0.444 e. The highest BCUT2D eigenvalue weighted by Crippen LogP contribution is 2.19. The van der Waals surface area contributed by atoms with Crippen molar-refractivity contribution in [1.82, 2.24) is 4.90 Å². The number of nitrogens with zero attached hydrogens (tertiary/aromatic N) is 1. The molecule has 0 atom stereocenters. The van der Waals surface area contributed by atoms with Gasteiger partial charge in [-0.2, -0.15) is 0 Å². The van der Waals surface area contributed by atoms with Gasteiger partial charge >= 0.3 is 6.09 Å². The van der Waals surface area contributed by atoms with Crippen LogP contribution in [0, 0.1) is 5.41 Å². The standard InChI is InChI=1S/C11H18BrN3O2/c1-11(2,3)17-10(16)15-5-4-8(13)7(6-15)9(12)14/h14H,4-6,13H2,1-3H3. The van der Waals surface area contributed by atoms with Crippen LogP contribution in [0.3, 0.4) is 0 Å². The molecular weight excluding hydrogens is 286 g/mol. The van der Waals surface area contributed by atoms with Crippen molar-refractivity contribution in [3.63, 3.8) is 0 Å². The van der Waals surface area contributed by atoms with Crippen LogP contribution in [0.4, 0.5) is 4.79 Å². The van der Waals surface area contributed by atoms with Gasteiger partial charge in [-0.3, -0.25) is 5.41 Å². The Morgan fingerprint density at radius 2 is 2.12 bits per heavy atom. The second-order valence-electron chi connectivity index (χ2n) is 4.97. The predicted molar refractivity (Wildman–Crippen MR) is 70.3 cm³/mol. The van der Waals surface area contributed by atoms with Gasteiger partial charge in [-0.05, 0) is 36.7 Å². The molecule has 0 aromatic rings. The van der Waals surface area contributed by atoms with Crippen LogP contribution in [0.15, 0.2) is 11.3 Å². The second-order valence-corrected chi connectivity index (χ2v) is 5.76. The summed E-state index contributed by atoms with van der Waals surface area (Å²) in [6.07, 6.45) is 0.207. The van der Waals surface area contributed by atoms with E-state index >= 15 is 0 Å². The lowest BCUT2D eigenvalue weighted by Crippen LogP contribution is -2.42. The second kappa shape index (κ2) is 5.08. The van der Waals surface area contributed by atoms with Crippen molar-refractivity contribution in [2.45, 2.75) is 32.8 Å². The Hall–Kier alpha value is -1.04. The van der Waals surface area contributed by atoms with Gasteiger partial charge in [0.25, 0.3) is 0 Å². The van der Waals surface area contributed by atoms with Gasteiger partial charge in [0.1, 0.15) is 10.2 Å². The van der Waals surface area contributed by atoms with Crippen molar-refractivity contribution in [2.75, 3.05) is 13.1 Å². The number of carbonyl (C=O) groups is 1. The first-order chi connectivity index (χ1) is 7.70. The first kappa shape index (κ1) is 14.0. The van der Waals surface area contributed by atoms with Gasteiger partial charge in [0, 0.05) is 24.2 Å². The van der Waals surface area contributed by atoms with Crippen LogP contribution in [0.2, 0.25) is 0 Å². The van der Waals surface area contributed by atoms with Crippen molar-refractivity contribution in [3.05, 3.63) is 11.3 Å². The largest absolute Gasteiger partial charge is 0.444 e. The Morgan fingerprint density at radius 1 is 1.53 bits per heavy atom. The molecule has 1 rings (SSSR count). The molecule has 0 fully saturated rings. The number of nitrogens with one attached hydrogen (secondary N) is 1. The molecule has 0 bridgehead atoms. The quantitative estimate of drug-likeness (QED) is 0.729. The molecule has 3 N–H and O–H groups in total. The van der Waals surface area contributed by atoms with Crippen LogP contribution in [0.25, 0.3) is 0 Å². The van der Waals surface area contributed by atoms with Crippen LogP contribution in [0.5, 0.6) is 0 Å². The fraction of sp³-hybridized carbons (Fsp3) is 0.636. The molecule has 5 nitrogen and oxygen atoms in total. The third-order valence-corrected chi connectivity index (χ3v) is 2.78. The molecule has 0 spiro atoms. The van der Waals surface area contributed by atoms with Gasteiger partial charge < -0.3 is 15.4 Å². The maximum Gasteiger partial charge on any atom is 0.410 e. The van der Waals surface area contributed by atoms with E-state index in [9.17, 15) is 4.79 Å². The van der Waals surface area contributed by atoms with E-state index in [4.69, 9.17) is 15.9 Å². The fourth-order valence-electron chi connectivity index (χ4n) is 1.47. The van der Waals surface area contributed by atoms with Crippen molar-refractivity contribution in [1.29, 1.82) is 5.41 Å². The molecule has 1 aliphatic rings. The molecule has 0 saturated carbocycles. The van der Waals surface area contributed by atoms with Crippen LogP contribution < -0.4 is 5.73 Å². The topological polar surface area (TPSA) is 79.4 Å². The highest BCUT2D eigenvalue weighted by Gasteiger charge is 2.27. The summed E-state index contributed by atoms with van der Waals surface area (Å²) in [4.78, 5) is 13.4. The SMILES string of the molecule is CC(C)(C)OC(=O)N1CCC(N)=C(C(=N)Br)C1. The highest BCUT2D eigenvalue weighted by molar-refractivity contribution is 9.18. The number of hydrogen-bond acceptors (Lipinski definition) is 4. The zero-order valence-electron chi connectivity index (χ0n) is 10.3. The summed E-state index contributed by atoms with van der Waals surface area (Å²) in [5.41, 5.74) is 6.61. The summed E-state index contributed by atoms with van der Waals surface area (Å²) in [6.45, 7) is 6.33. The van der Waals surface area contributed by atoms with Gasteiger partial charge in [-0.1, -0.05) is 0 Å². The molecule has 1 heterocycles. The number of hydrogen-bond donors (Lipinski definition) is 2. The molecule has 96 valence electrons. The first-order valence-corrected chi connectivity index (χ1v) is 6.20. The first-order valence-electron chi connectivity index (χ1n) is 5.40. The lowest BCUT2D eigenvalue weighted by Gasteiger charge is -2.31. The lowest BCUT2D eigenvalue weighted by atomic mass is 10.1. The molecule has 1 amide bonds. The van der Waals surface area contributed by atoms with Gasteiger partial charge in [0.05, 0.1) is 6.54 Å². The van der Waals surface area contributed by atoms with Crippen LogP contribution in [0.1, 0.15) is 27.2 Å². The molecule has 17 heavy (non-hydrogen) atoms. The van der Waals surface area contributed by atoms with E-state index in [0.29, 0.717) is 30.8 Å². The Balaban J connectivity index is 2.72. The number of halogens is 1. The molecule has 0 radical (unpaired) electrons. The number of nitrogens with two attached hydrogens (primary N) is 1. The van der Waals surface area contributed by atoms with Gasteiger partial charge in [0.2, 0.25) is 0 Å². The van der Waals surface area contributed by atoms with Crippen molar-refractivity contribution in [2.24, 2.45) is 5.73 Å². The molecule has 0 aliphatic carbocycles. The van der Waals surface area contributed by atoms with E-state index in [0.717, 1.165) is 0 Å². The average Bonchev–Trinajstić information content (AvgIpc) is 2.14. The third-order valence-electron chi connectivity index (χ3n) is 2.30. The molecule has 0 unspecified atom stereocenters. The molecule has 6 heteroatoms. The third kappa shape index (κ3) is 4.03. The monoisotopic (exact) mass is 303 g/mol. The summed E-state index contributed by atoms with van der Waals surface area (Å²) in [5, 5.41) is 7.53.